The van der Waals surface area contributed by atoms with Crippen LogP contribution in [0.15, 0.2) is 359 Å². The topological polar surface area (TPSA) is 14.7 Å². The van der Waals surface area contributed by atoms with Crippen molar-refractivity contribution < 1.29 is 0 Å². The molecule has 502 valence electrons. The van der Waals surface area contributed by atoms with Gasteiger partial charge in [0, 0.05) is 84.9 Å². The summed E-state index contributed by atoms with van der Waals surface area (Å²) in [6.45, 7) is 23.0. The van der Waals surface area contributed by atoms with Crippen LogP contribution in [0.25, 0.3) is 106 Å². The Balaban J connectivity index is 0.702. The average molecular weight is 1350 g/mol. The normalized spacial score (nSPS) is 13.7. The smallest absolute Gasteiger partial charge is 0.0541 e. The van der Waals surface area contributed by atoms with Gasteiger partial charge in [-0.25, -0.2) is 0 Å². The van der Waals surface area contributed by atoms with Gasteiger partial charge < -0.3 is 19.3 Å². The van der Waals surface area contributed by atoms with Gasteiger partial charge in [0.05, 0.1) is 11.0 Å². The molecule has 0 fully saturated rings. The van der Waals surface area contributed by atoms with Crippen LogP contribution in [0.5, 0.6) is 0 Å². The van der Waals surface area contributed by atoms with E-state index in [0.717, 1.165) is 123 Å². The van der Waals surface area contributed by atoms with Gasteiger partial charge in [0.15, 0.2) is 0 Å². The monoisotopic (exact) mass is 1350 g/mol. The Hall–Kier alpha value is -13.0. The second-order valence-electron chi connectivity index (χ2n) is 29.1. The third-order valence-electron chi connectivity index (χ3n) is 22.3. The average Bonchev–Trinajstić information content (AvgIpc) is 1.57. The molecule has 4 heteroatoms. The van der Waals surface area contributed by atoms with Crippen molar-refractivity contribution in [1.82, 2.24) is 4.57 Å². The zero-order chi connectivity index (χ0) is 71.1. The molecule has 0 radical (unpaired) electrons. The first-order valence-electron chi connectivity index (χ1n) is 36.4. The highest BCUT2D eigenvalue weighted by Crippen LogP contribution is 2.53. The lowest BCUT2D eigenvalue weighted by Gasteiger charge is -2.28. The molecule has 0 saturated heterocycles. The van der Waals surface area contributed by atoms with Crippen LogP contribution in [0.1, 0.15) is 72.2 Å². The minimum absolute atomic E-state index is 0.137. The fourth-order valence-electron chi connectivity index (χ4n) is 16.7. The number of rotatable bonds is 14. The van der Waals surface area contributed by atoms with Crippen molar-refractivity contribution in [2.45, 2.75) is 38.5 Å². The fourth-order valence-corrected chi connectivity index (χ4v) is 16.7. The Morgan fingerprint density at radius 1 is 0.333 bits per heavy atom. The number of anilines is 8. The molecule has 3 aliphatic rings. The minimum Gasteiger partial charge on any atom is -0.337 e. The molecule has 15 aromatic rings. The lowest BCUT2D eigenvalue weighted by Crippen LogP contribution is -2.18. The molecule has 105 heavy (non-hydrogen) atoms. The van der Waals surface area contributed by atoms with E-state index in [0.29, 0.717) is 6.54 Å². The summed E-state index contributed by atoms with van der Waals surface area (Å²) in [7, 11) is 0. The summed E-state index contributed by atoms with van der Waals surface area (Å²) in [4.78, 5) is 7.19. The van der Waals surface area contributed by atoms with Gasteiger partial charge in [0.25, 0.3) is 0 Å². The Morgan fingerprint density at radius 2 is 0.714 bits per heavy atom. The van der Waals surface area contributed by atoms with E-state index in [-0.39, 0.29) is 10.8 Å². The molecule has 0 bridgehead atoms. The quantitative estimate of drug-likeness (QED) is 0.108. The van der Waals surface area contributed by atoms with E-state index in [1.165, 1.54) is 60.8 Å². The zero-order valence-corrected chi connectivity index (χ0v) is 59.6. The number of aromatic nitrogens is 1. The lowest BCUT2D eigenvalue weighted by atomic mass is 9.82. The minimum atomic E-state index is -0.159. The van der Waals surface area contributed by atoms with Gasteiger partial charge >= 0.3 is 0 Å². The zero-order valence-electron chi connectivity index (χ0n) is 59.6. The van der Waals surface area contributed by atoms with E-state index in [2.05, 4.69) is 400 Å². The Bertz CT molecular complexity index is 6010. The maximum absolute atomic E-state index is 4.94. The molecule has 4 nitrogen and oxygen atoms in total. The van der Waals surface area contributed by atoms with Gasteiger partial charge in [-0.15, -0.1) is 0 Å². The first-order chi connectivity index (χ1) is 51.4. The van der Waals surface area contributed by atoms with Crippen molar-refractivity contribution in [2.75, 3.05) is 21.2 Å². The number of nitrogens with zero attached hydrogens (tertiary/aromatic N) is 4. The Kier molecular flexibility index (Phi) is 15.7. The number of hydrogen-bond donors (Lipinski definition) is 0. The number of fused-ring (bicyclic) bond motifs is 10. The highest BCUT2D eigenvalue weighted by atomic mass is 15.2. The first-order valence-corrected chi connectivity index (χ1v) is 36.4. The number of benzene rings is 14. The van der Waals surface area contributed by atoms with Crippen LogP contribution in [0.3, 0.4) is 0 Å². The molecule has 2 aliphatic carbocycles. The van der Waals surface area contributed by atoms with Gasteiger partial charge in [-0.3, -0.25) is 0 Å². The maximum Gasteiger partial charge on any atom is 0.0541 e. The lowest BCUT2D eigenvalue weighted by molar-refractivity contribution is 0.660. The van der Waals surface area contributed by atoms with E-state index < -0.39 is 0 Å². The molecule has 0 unspecified atom stereocenters. The van der Waals surface area contributed by atoms with Crippen molar-refractivity contribution in [2.24, 2.45) is 0 Å². The predicted octanol–water partition coefficient (Wildman–Crippen LogP) is 27.4. The van der Waals surface area contributed by atoms with Crippen LogP contribution >= 0.6 is 0 Å². The largest absolute Gasteiger partial charge is 0.337 e. The maximum atomic E-state index is 4.94. The summed E-state index contributed by atoms with van der Waals surface area (Å²) in [5.41, 5.74) is 35.7. The number of hydrogen-bond acceptors (Lipinski definition) is 3. The molecular formula is C101H78N4. The standard InChI is InChI=1S/C101H78N4/c1-8-68-30-34-70(35-31-68)71-36-47-81(48-37-71)104(85-54-56-89-87-27-17-19-29-94(87)101(6,7)96(89)66-85)83-49-38-72(39-50-83)74-21-20-60-102(78-22-12-10-13-23-78)97-57-42-76(62-90(97)67(3)61-74)77-44-59-99-92(64-77)91-63-75(43-58-98(91)105(99)79-24-14-11-15-25-79)73-40-51-82(52-41-73)103(80-45-32-69(9-2)33-46-80)84-53-55-88-86-26-16-18-28-93(86)100(4,5)95(88)65-84/h8-59,61-66H,1-3,60H2,4-7H3. The molecule has 2 heterocycles. The molecule has 1 aliphatic heterocycles. The summed E-state index contributed by atoms with van der Waals surface area (Å²) < 4.78 is 2.41. The van der Waals surface area contributed by atoms with E-state index in [1.54, 1.807) is 0 Å². The number of allylic oxidation sites excluding steroid dienone is 4. The molecule has 18 rings (SSSR count). The van der Waals surface area contributed by atoms with E-state index in [9.17, 15) is 0 Å². The van der Waals surface area contributed by atoms with Crippen molar-refractivity contribution >= 4 is 90.6 Å². The highest BCUT2D eigenvalue weighted by molar-refractivity contribution is 6.12. The highest BCUT2D eigenvalue weighted by Gasteiger charge is 2.37. The summed E-state index contributed by atoms with van der Waals surface area (Å²) in [5, 5.41) is 2.36. The van der Waals surface area contributed by atoms with Crippen molar-refractivity contribution in [3.8, 4) is 61.3 Å². The molecule has 0 spiro atoms. The second kappa shape index (κ2) is 25.8. The molecule has 14 aromatic carbocycles. The van der Waals surface area contributed by atoms with Crippen LogP contribution in [-0.4, -0.2) is 11.1 Å². The molecule has 1 aromatic heterocycles. The fraction of sp³-hybridized carbons (Fsp3) is 0.0693. The van der Waals surface area contributed by atoms with Crippen LogP contribution in [-0.2, 0) is 10.8 Å². The van der Waals surface area contributed by atoms with Gasteiger partial charge in [-0.1, -0.05) is 260 Å². The van der Waals surface area contributed by atoms with Gasteiger partial charge in [-0.05, 0) is 245 Å². The summed E-state index contributed by atoms with van der Waals surface area (Å²) in [6.07, 6.45) is 10.6. The summed E-state index contributed by atoms with van der Waals surface area (Å²) in [5.74, 6) is 0. The van der Waals surface area contributed by atoms with Crippen LogP contribution < -0.4 is 14.7 Å². The van der Waals surface area contributed by atoms with Crippen molar-refractivity contribution in [3.63, 3.8) is 0 Å². The van der Waals surface area contributed by atoms with Crippen LogP contribution in [0, 0.1) is 0 Å². The van der Waals surface area contributed by atoms with Gasteiger partial charge in [-0.2, -0.15) is 0 Å². The molecule has 0 saturated carbocycles. The molecular weight excluding hydrogens is 1270 g/mol. The molecule has 0 N–H and O–H groups in total. The predicted molar refractivity (Wildman–Crippen MR) is 448 cm³/mol. The van der Waals surface area contributed by atoms with Crippen molar-refractivity contribution in [1.29, 1.82) is 0 Å². The summed E-state index contributed by atoms with van der Waals surface area (Å²) >= 11 is 0. The van der Waals surface area contributed by atoms with Crippen molar-refractivity contribution in [3.05, 3.63) is 404 Å². The van der Waals surface area contributed by atoms with Crippen LogP contribution in [0.4, 0.5) is 45.5 Å². The SMILES string of the molecule is C=Cc1ccc(-c2ccc(N(c3ccc(C4=CC(=C)c5cc(-c6ccc7c(c6)c6cc(-c8ccc(N(c9ccc(C=C)cc9)c9ccc%10c(c9)C(C)(C)c9ccccc9-%10)cc8)ccc6n7-c6ccccc6)ccc5N(c5ccccc5)CC=C4)cc3)c3ccc4c(c3)C(C)(C)c3ccccc3-4)cc2)cc1. The third kappa shape index (κ3) is 11.2. The Morgan fingerprint density at radius 3 is 1.22 bits per heavy atom. The van der Waals surface area contributed by atoms with Gasteiger partial charge in [0.2, 0.25) is 0 Å². The molecule has 0 atom stereocenters. The Labute approximate surface area is 616 Å². The van der Waals surface area contributed by atoms with Crippen LogP contribution in [0.2, 0.25) is 0 Å². The second-order valence-corrected chi connectivity index (χ2v) is 29.1. The summed E-state index contributed by atoms with van der Waals surface area (Å²) in [6, 6.07) is 119. The van der Waals surface area contributed by atoms with E-state index >= 15 is 0 Å². The third-order valence-corrected chi connectivity index (χ3v) is 22.3. The van der Waals surface area contributed by atoms with E-state index in [1.807, 2.05) is 12.2 Å². The number of para-hydroxylation sites is 2. The van der Waals surface area contributed by atoms with E-state index in [4.69, 9.17) is 6.58 Å². The molecule has 0 amide bonds. The van der Waals surface area contributed by atoms with Gasteiger partial charge in [0.1, 0.15) is 0 Å². The first kappa shape index (κ1) is 64.1.